The van der Waals surface area contributed by atoms with Gasteiger partial charge in [-0.2, -0.15) is 0 Å². The third kappa shape index (κ3) is 3.79. The van der Waals surface area contributed by atoms with Crippen LogP contribution in [-0.4, -0.2) is 58.1 Å². The first-order valence-electron chi connectivity index (χ1n) is 11.9. The molecule has 3 N–H and O–H groups in total. The highest BCUT2D eigenvalue weighted by Crippen LogP contribution is 2.35. The normalized spacial score (nSPS) is 15.6. The van der Waals surface area contributed by atoms with Gasteiger partial charge in [-0.3, -0.25) is 4.79 Å². The summed E-state index contributed by atoms with van der Waals surface area (Å²) < 4.78 is 20.8. The highest BCUT2D eigenvalue weighted by atomic mass is 19.1. The summed E-state index contributed by atoms with van der Waals surface area (Å²) in [5.74, 6) is -0.0696. The summed E-state index contributed by atoms with van der Waals surface area (Å²) in [5, 5.41) is 4.22. The number of rotatable bonds is 5. The van der Waals surface area contributed by atoms with Crippen LogP contribution in [-0.2, 0) is 0 Å². The second-order valence-electron chi connectivity index (χ2n) is 9.20. The van der Waals surface area contributed by atoms with Crippen LogP contribution in [0.2, 0.25) is 0 Å². The Balaban J connectivity index is 1.48. The minimum Gasteiger partial charge on any atom is -0.451 e. The molecule has 184 valence electrons. The molecule has 1 saturated heterocycles. The third-order valence-electron chi connectivity index (χ3n) is 6.83. The van der Waals surface area contributed by atoms with E-state index in [1.807, 2.05) is 36.1 Å². The van der Waals surface area contributed by atoms with E-state index in [0.29, 0.717) is 39.5 Å². The number of imidazole rings is 1. The topological polar surface area (TPSA) is 106 Å². The maximum atomic E-state index is 15.7. The number of benzene rings is 2. The molecule has 0 spiro atoms. The molecule has 6 rings (SSSR count). The van der Waals surface area contributed by atoms with Gasteiger partial charge in [0.25, 0.3) is 5.56 Å². The SMILES string of the molecule is C[C@H](Nc1c(-c2nc3ccc(N4CCN(C)CC4)c(F)c3[nH]2)c(=O)[nH]c2ccccc12)c1cocn1. The Hall–Kier alpha value is -4.18. The number of H-pyrrole nitrogens is 2. The smallest absolute Gasteiger partial charge is 0.261 e. The van der Waals surface area contributed by atoms with Gasteiger partial charge in [-0.25, -0.2) is 14.4 Å². The van der Waals surface area contributed by atoms with E-state index in [-0.39, 0.29) is 22.9 Å². The van der Waals surface area contributed by atoms with Gasteiger partial charge in [0.1, 0.15) is 28.9 Å². The van der Waals surface area contributed by atoms with Gasteiger partial charge < -0.3 is 29.5 Å². The average molecular weight is 488 g/mol. The van der Waals surface area contributed by atoms with Crippen LogP contribution in [0.1, 0.15) is 18.7 Å². The van der Waals surface area contributed by atoms with Crippen molar-refractivity contribution in [2.75, 3.05) is 43.4 Å². The number of piperazine rings is 1. The minimum absolute atomic E-state index is 0.252. The van der Waals surface area contributed by atoms with Crippen molar-refractivity contribution in [3.8, 4) is 11.4 Å². The lowest BCUT2D eigenvalue weighted by molar-refractivity contribution is 0.312. The number of hydrogen-bond acceptors (Lipinski definition) is 7. The summed E-state index contributed by atoms with van der Waals surface area (Å²) in [4.78, 5) is 32.5. The predicted octanol–water partition coefficient (Wildman–Crippen LogP) is 4.12. The number of nitrogens with zero attached hydrogens (tertiary/aromatic N) is 4. The molecular formula is C26H26FN7O2. The average Bonchev–Trinajstić information content (AvgIpc) is 3.56. The van der Waals surface area contributed by atoms with E-state index >= 15 is 4.39 Å². The lowest BCUT2D eigenvalue weighted by Crippen LogP contribution is -2.44. The first-order chi connectivity index (χ1) is 17.5. The lowest BCUT2D eigenvalue weighted by atomic mass is 10.1. The van der Waals surface area contributed by atoms with Crippen molar-refractivity contribution in [3.05, 3.63) is 70.9 Å². The molecule has 4 heterocycles. The number of likely N-dealkylation sites (N-methyl/N-ethyl adjacent to an activating group) is 1. The Bertz CT molecular complexity index is 1600. The molecule has 5 aromatic rings. The van der Waals surface area contributed by atoms with Crippen molar-refractivity contribution in [1.29, 1.82) is 0 Å². The maximum absolute atomic E-state index is 15.7. The van der Waals surface area contributed by atoms with Crippen molar-refractivity contribution in [2.24, 2.45) is 0 Å². The minimum atomic E-state index is -0.363. The second kappa shape index (κ2) is 8.80. The number of aromatic amines is 2. The van der Waals surface area contributed by atoms with Crippen molar-refractivity contribution < 1.29 is 8.81 Å². The van der Waals surface area contributed by atoms with Crippen LogP contribution < -0.4 is 15.8 Å². The van der Waals surface area contributed by atoms with E-state index < -0.39 is 0 Å². The summed E-state index contributed by atoms with van der Waals surface area (Å²) in [5.41, 5.74) is 3.22. The summed E-state index contributed by atoms with van der Waals surface area (Å²) in [6.45, 7) is 5.17. The standard InChI is InChI=1S/C26H26FN7O2/c1-15(19-13-36-14-28-19)29-23-16-5-3-4-6-17(16)31-26(35)21(23)25-30-18-7-8-20(22(27)24(18)32-25)34-11-9-33(2)10-12-34/h3-8,13-15H,9-12H2,1-2H3,(H,30,32)(H2,29,31,35)/t15-/m0/s1. The highest BCUT2D eigenvalue weighted by molar-refractivity contribution is 5.99. The molecule has 1 aliphatic heterocycles. The summed E-state index contributed by atoms with van der Waals surface area (Å²) in [6.07, 6.45) is 2.92. The van der Waals surface area contributed by atoms with Gasteiger partial charge in [0, 0.05) is 31.6 Å². The second-order valence-corrected chi connectivity index (χ2v) is 9.20. The Kier molecular flexibility index (Phi) is 5.45. The maximum Gasteiger partial charge on any atom is 0.261 e. The van der Waals surface area contributed by atoms with Gasteiger partial charge in [0.15, 0.2) is 12.2 Å². The van der Waals surface area contributed by atoms with E-state index in [1.54, 1.807) is 18.4 Å². The van der Waals surface area contributed by atoms with E-state index in [9.17, 15) is 4.79 Å². The van der Waals surface area contributed by atoms with E-state index in [2.05, 4.69) is 37.2 Å². The molecule has 9 nitrogen and oxygen atoms in total. The van der Waals surface area contributed by atoms with Crippen LogP contribution >= 0.6 is 0 Å². The summed E-state index contributed by atoms with van der Waals surface area (Å²) >= 11 is 0. The molecule has 0 aliphatic carbocycles. The monoisotopic (exact) mass is 487 g/mol. The van der Waals surface area contributed by atoms with Crippen LogP contribution in [0.25, 0.3) is 33.3 Å². The molecule has 10 heteroatoms. The fourth-order valence-corrected chi connectivity index (χ4v) is 4.79. The van der Waals surface area contributed by atoms with Crippen LogP contribution in [0.5, 0.6) is 0 Å². The van der Waals surface area contributed by atoms with Gasteiger partial charge in [0.05, 0.1) is 28.5 Å². The molecule has 3 aromatic heterocycles. The summed E-state index contributed by atoms with van der Waals surface area (Å²) in [6, 6.07) is 10.8. The largest absolute Gasteiger partial charge is 0.451 e. The molecule has 0 unspecified atom stereocenters. The third-order valence-corrected chi connectivity index (χ3v) is 6.83. The number of halogens is 1. The summed E-state index contributed by atoms with van der Waals surface area (Å²) in [7, 11) is 2.06. The number of anilines is 2. The van der Waals surface area contributed by atoms with E-state index in [1.165, 1.54) is 6.39 Å². The van der Waals surface area contributed by atoms with Crippen LogP contribution in [0.15, 0.2) is 58.3 Å². The molecule has 36 heavy (non-hydrogen) atoms. The number of para-hydroxylation sites is 1. The van der Waals surface area contributed by atoms with Gasteiger partial charge in [0.2, 0.25) is 0 Å². The van der Waals surface area contributed by atoms with Crippen LogP contribution in [0.4, 0.5) is 15.8 Å². The first-order valence-corrected chi connectivity index (χ1v) is 11.9. The Morgan fingerprint density at radius 2 is 1.92 bits per heavy atom. The number of fused-ring (bicyclic) bond motifs is 2. The molecular weight excluding hydrogens is 461 g/mol. The fourth-order valence-electron chi connectivity index (χ4n) is 4.79. The molecule has 1 atom stereocenters. The van der Waals surface area contributed by atoms with Crippen LogP contribution in [0, 0.1) is 5.82 Å². The zero-order chi connectivity index (χ0) is 24.8. The number of pyridine rings is 1. The molecule has 0 radical (unpaired) electrons. The Morgan fingerprint density at radius 1 is 1.11 bits per heavy atom. The van der Waals surface area contributed by atoms with Gasteiger partial charge in [-0.1, -0.05) is 18.2 Å². The van der Waals surface area contributed by atoms with Crippen molar-refractivity contribution in [3.63, 3.8) is 0 Å². The molecule has 2 aromatic carbocycles. The lowest BCUT2D eigenvalue weighted by Gasteiger charge is -2.34. The number of hydrogen-bond donors (Lipinski definition) is 3. The van der Waals surface area contributed by atoms with Crippen molar-refractivity contribution in [1.82, 2.24) is 24.8 Å². The van der Waals surface area contributed by atoms with Gasteiger partial charge >= 0.3 is 0 Å². The zero-order valence-electron chi connectivity index (χ0n) is 20.0. The van der Waals surface area contributed by atoms with Crippen molar-refractivity contribution in [2.45, 2.75) is 13.0 Å². The number of oxazole rings is 1. The predicted molar refractivity (Wildman–Crippen MR) is 138 cm³/mol. The molecule has 0 amide bonds. The van der Waals surface area contributed by atoms with E-state index in [0.717, 1.165) is 31.6 Å². The number of aromatic nitrogens is 4. The fraction of sp³-hybridized carbons (Fsp3) is 0.269. The quantitative estimate of drug-likeness (QED) is 0.342. The molecule has 1 fully saturated rings. The highest BCUT2D eigenvalue weighted by Gasteiger charge is 2.24. The van der Waals surface area contributed by atoms with Gasteiger partial charge in [-0.15, -0.1) is 0 Å². The van der Waals surface area contributed by atoms with Gasteiger partial charge in [-0.05, 0) is 32.2 Å². The Labute approximate surface area is 206 Å². The molecule has 1 aliphatic rings. The first kappa shape index (κ1) is 22.3. The van der Waals surface area contributed by atoms with E-state index in [4.69, 9.17) is 4.42 Å². The van der Waals surface area contributed by atoms with Crippen LogP contribution in [0.3, 0.4) is 0 Å². The van der Waals surface area contributed by atoms with Crippen molar-refractivity contribution >= 4 is 33.3 Å². The zero-order valence-corrected chi connectivity index (χ0v) is 20.0. The number of nitrogens with one attached hydrogen (secondary N) is 3. The molecule has 0 bridgehead atoms. The Morgan fingerprint density at radius 3 is 2.69 bits per heavy atom. The molecule has 0 saturated carbocycles.